The molecule has 3 nitrogen and oxygen atoms in total. The average Bonchev–Trinajstić information content (AvgIpc) is 2.33. The summed E-state index contributed by atoms with van der Waals surface area (Å²) in [5.74, 6) is -0.0884. The minimum atomic E-state index is -0.283. The second kappa shape index (κ2) is 6.90. The van der Waals surface area contributed by atoms with Gasteiger partial charge in [-0.15, -0.1) is 0 Å². The van der Waals surface area contributed by atoms with Crippen LogP contribution in [0.5, 0.6) is 0 Å². The van der Waals surface area contributed by atoms with Crippen LogP contribution in [0.15, 0.2) is 24.3 Å². The molecule has 1 N–H and O–H groups in total. The normalized spacial score (nSPS) is 11.3. The Labute approximate surface area is 117 Å². The van der Waals surface area contributed by atoms with Crippen LogP contribution >= 0.6 is 15.9 Å². The van der Waals surface area contributed by atoms with Crippen LogP contribution in [0.3, 0.4) is 0 Å². The number of nitrogens with one attached hydrogen (secondary N) is 1. The molecule has 0 aromatic heterocycles. The van der Waals surface area contributed by atoms with Crippen molar-refractivity contribution in [2.24, 2.45) is 0 Å². The minimum Gasteiger partial charge on any atom is -0.366 e. The maximum atomic E-state index is 11.5. The molecule has 0 aliphatic rings. The Morgan fingerprint density at radius 1 is 1.22 bits per heavy atom. The van der Waals surface area contributed by atoms with Gasteiger partial charge in [0.1, 0.15) is 6.61 Å². The molecule has 0 aliphatic carbocycles. The summed E-state index contributed by atoms with van der Waals surface area (Å²) in [6.45, 7) is 6.43. The maximum absolute atomic E-state index is 11.5. The number of rotatable bonds is 5. The number of benzene rings is 1. The fourth-order valence-electron chi connectivity index (χ4n) is 1.28. The van der Waals surface area contributed by atoms with Crippen LogP contribution in [0.25, 0.3) is 0 Å². The van der Waals surface area contributed by atoms with Crippen molar-refractivity contribution in [3.05, 3.63) is 35.4 Å². The lowest BCUT2D eigenvalue weighted by molar-refractivity contribution is -0.130. The van der Waals surface area contributed by atoms with E-state index in [1.807, 2.05) is 45.0 Å². The molecule has 0 bridgehead atoms. The quantitative estimate of drug-likeness (QED) is 0.849. The van der Waals surface area contributed by atoms with Crippen LogP contribution < -0.4 is 5.32 Å². The fourth-order valence-corrected chi connectivity index (χ4v) is 1.65. The van der Waals surface area contributed by atoms with Crippen molar-refractivity contribution in [3.8, 4) is 0 Å². The fraction of sp³-hybridized carbons (Fsp3) is 0.500. The zero-order valence-electron chi connectivity index (χ0n) is 11.1. The van der Waals surface area contributed by atoms with Crippen molar-refractivity contribution >= 4 is 21.8 Å². The van der Waals surface area contributed by atoms with E-state index in [0.717, 1.165) is 10.9 Å². The molecule has 0 radical (unpaired) electrons. The van der Waals surface area contributed by atoms with Gasteiger partial charge in [-0.1, -0.05) is 40.2 Å². The first-order valence-corrected chi connectivity index (χ1v) is 7.07. The molecule has 0 aliphatic heterocycles. The molecule has 1 aromatic rings. The number of halogens is 1. The lowest BCUT2D eigenvalue weighted by atomic mass is 10.1. The average molecular weight is 314 g/mol. The van der Waals surface area contributed by atoms with Crippen molar-refractivity contribution in [1.29, 1.82) is 0 Å². The molecule has 0 spiro atoms. The van der Waals surface area contributed by atoms with Gasteiger partial charge in [0, 0.05) is 11.9 Å². The number of carbonyl (C=O) groups excluding carboxylic acids is 1. The highest BCUT2D eigenvalue weighted by Gasteiger charge is 2.12. The molecular formula is C14H20BrNO2. The van der Waals surface area contributed by atoms with Gasteiger partial charge in [0.2, 0.25) is 5.91 Å². The predicted octanol–water partition coefficient (Wildman–Crippen LogP) is 3.01. The van der Waals surface area contributed by atoms with Gasteiger partial charge < -0.3 is 10.1 Å². The van der Waals surface area contributed by atoms with Gasteiger partial charge >= 0.3 is 0 Å². The summed E-state index contributed by atoms with van der Waals surface area (Å²) >= 11 is 3.40. The first-order chi connectivity index (χ1) is 8.40. The first-order valence-electron chi connectivity index (χ1n) is 5.95. The highest BCUT2D eigenvalue weighted by atomic mass is 79.9. The van der Waals surface area contributed by atoms with E-state index in [1.165, 1.54) is 5.56 Å². The van der Waals surface area contributed by atoms with E-state index in [1.54, 1.807) is 0 Å². The van der Waals surface area contributed by atoms with Crippen LogP contribution in [-0.4, -0.2) is 18.1 Å². The number of carbonyl (C=O) groups is 1. The Bertz CT molecular complexity index is 382. The molecular weight excluding hydrogens is 294 g/mol. The van der Waals surface area contributed by atoms with Gasteiger partial charge in [-0.2, -0.15) is 0 Å². The van der Waals surface area contributed by atoms with E-state index in [0.29, 0.717) is 6.54 Å². The Morgan fingerprint density at radius 3 is 2.28 bits per heavy atom. The number of amides is 1. The summed E-state index contributed by atoms with van der Waals surface area (Å²) in [6, 6.07) is 8.12. The summed E-state index contributed by atoms with van der Waals surface area (Å²) in [5, 5.41) is 3.68. The van der Waals surface area contributed by atoms with E-state index >= 15 is 0 Å². The molecule has 0 heterocycles. The third-order valence-corrected chi connectivity index (χ3v) is 2.95. The Morgan fingerprint density at radius 2 is 1.78 bits per heavy atom. The minimum absolute atomic E-state index is 0.0884. The lowest BCUT2D eigenvalue weighted by Crippen LogP contribution is -2.31. The third-order valence-electron chi connectivity index (χ3n) is 2.30. The first kappa shape index (κ1) is 15.2. The summed E-state index contributed by atoms with van der Waals surface area (Å²) in [6.07, 6.45) is 0. The summed E-state index contributed by atoms with van der Waals surface area (Å²) in [4.78, 5) is 11.5. The van der Waals surface area contributed by atoms with Crippen LogP contribution in [0.1, 0.15) is 31.9 Å². The molecule has 1 amide bonds. The monoisotopic (exact) mass is 313 g/mol. The predicted molar refractivity (Wildman–Crippen MR) is 76.6 cm³/mol. The van der Waals surface area contributed by atoms with Gasteiger partial charge in [0.25, 0.3) is 0 Å². The molecule has 0 fully saturated rings. The van der Waals surface area contributed by atoms with E-state index in [4.69, 9.17) is 4.74 Å². The summed E-state index contributed by atoms with van der Waals surface area (Å²) in [5.41, 5.74) is 2.03. The largest absolute Gasteiger partial charge is 0.366 e. The van der Waals surface area contributed by atoms with E-state index in [-0.39, 0.29) is 18.1 Å². The summed E-state index contributed by atoms with van der Waals surface area (Å²) < 4.78 is 5.40. The Hall–Kier alpha value is -0.870. The molecule has 100 valence electrons. The zero-order chi connectivity index (χ0) is 13.6. The number of hydrogen-bond acceptors (Lipinski definition) is 2. The Balaban J connectivity index is 2.33. The highest BCUT2D eigenvalue weighted by Crippen LogP contribution is 2.08. The smallest absolute Gasteiger partial charge is 0.246 e. The highest BCUT2D eigenvalue weighted by molar-refractivity contribution is 9.08. The van der Waals surface area contributed by atoms with Crippen molar-refractivity contribution in [1.82, 2.24) is 5.32 Å². The van der Waals surface area contributed by atoms with Crippen molar-refractivity contribution in [3.63, 3.8) is 0 Å². The second-order valence-corrected chi connectivity index (χ2v) is 5.69. The molecule has 18 heavy (non-hydrogen) atoms. The van der Waals surface area contributed by atoms with Gasteiger partial charge in [0.15, 0.2) is 0 Å². The van der Waals surface area contributed by atoms with E-state index in [9.17, 15) is 4.79 Å². The van der Waals surface area contributed by atoms with Crippen molar-refractivity contribution < 1.29 is 9.53 Å². The summed E-state index contributed by atoms with van der Waals surface area (Å²) in [7, 11) is 0. The van der Waals surface area contributed by atoms with Gasteiger partial charge in [-0.25, -0.2) is 0 Å². The second-order valence-electron chi connectivity index (χ2n) is 5.13. The Kier molecular flexibility index (Phi) is 5.82. The zero-order valence-corrected chi connectivity index (χ0v) is 12.7. The molecule has 0 saturated carbocycles. The molecule has 1 rings (SSSR count). The molecule has 1 aromatic carbocycles. The molecule has 0 atom stereocenters. The topological polar surface area (TPSA) is 38.3 Å². The molecule has 4 heteroatoms. The van der Waals surface area contributed by atoms with Crippen molar-refractivity contribution in [2.75, 3.05) is 6.61 Å². The lowest BCUT2D eigenvalue weighted by Gasteiger charge is -2.19. The van der Waals surface area contributed by atoms with Crippen LogP contribution in [0.4, 0.5) is 0 Å². The van der Waals surface area contributed by atoms with Gasteiger partial charge in [-0.05, 0) is 31.9 Å². The van der Waals surface area contributed by atoms with E-state index < -0.39 is 0 Å². The SMILES string of the molecule is CC(C)(C)OCC(=O)NCc1ccc(CBr)cc1. The van der Waals surface area contributed by atoms with Crippen LogP contribution in [0, 0.1) is 0 Å². The molecule has 0 saturated heterocycles. The maximum Gasteiger partial charge on any atom is 0.246 e. The molecule has 0 unspecified atom stereocenters. The van der Waals surface area contributed by atoms with Crippen molar-refractivity contribution in [2.45, 2.75) is 38.2 Å². The van der Waals surface area contributed by atoms with E-state index in [2.05, 4.69) is 21.2 Å². The van der Waals surface area contributed by atoms with Crippen LogP contribution in [0.2, 0.25) is 0 Å². The van der Waals surface area contributed by atoms with Gasteiger partial charge in [-0.3, -0.25) is 4.79 Å². The number of alkyl halides is 1. The number of ether oxygens (including phenoxy) is 1. The standard InChI is InChI=1S/C14H20BrNO2/c1-14(2,3)18-10-13(17)16-9-12-6-4-11(8-15)5-7-12/h4-7H,8-10H2,1-3H3,(H,16,17). The van der Waals surface area contributed by atoms with Gasteiger partial charge in [0.05, 0.1) is 5.60 Å². The van der Waals surface area contributed by atoms with Crippen LogP contribution in [-0.2, 0) is 21.4 Å². The number of hydrogen-bond donors (Lipinski definition) is 1. The third kappa shape index (κ3) is 6.17.